The maximum Gasteiger partial charge on any atom is 0.208 e. The molecule has 9 heteroatoms. The molecule has 9 nitrogen and oxygen atoms in total. The zero-order chi connectivity index (χ0) is 27.6. The van der Waals surface area contributed by atoms with E-state index < -0.39 is 0 Å². The van der Waals surface area contributed by atoms with E-state index in [0.29, 0.717) is 23.5 Å². The number of piperidine rings is 1. The molecule has 2 aromatic heterocycles. The maximum atomic E-state index is 9.54. The molecule has 1 saturated heterocycles. The summed E-state index contributed by atoms with van der Waals surface area (Å²) >= 11 is 0. The molecule has 0 bridgehead atoms. The molecule has 1 aliphatic heterocycles. The first-order chi connectivity index (χ1) is 19.5. The van der Waals surface area contributed by atoms with E-state index in [4.69, 9.17) is 20.4 Å². The van der Waals surface area contributed by atoms with Crippen molar-refractivity contribution in [1.29, 1.82) is 5.41 Å². The molecule has 0 radical (unpaired) electrons. The van der Waals surface area contributed by atoms with E-state index in [0.717, 1.165) is 42.2 Å². The van der Waals surface area contributed by atoms with Crippen LogP contribution in [0.4, 0.5) is 11.8 Å². The highest BCUT2D eigenvalue weighted by molar-refractivity contribution is 5.96. The van der Waals surface area contributed by atoms with Crippen molar-refractivity contribution in [3.05, 3.63) is 5.82 Å². The molecule has 4 N–H and O–H groups in total. The van der Waals surface area contributed by atoms with Crippen molar-refractivity contribution >= 4 is 28.8 Å². The lowest BCUT2D eigenvalue weighted by Gasteiger charge is -2.43. The third-order valence-electron chi connectivity index (χ3n) is 10.7. The van der Waals surface area contributed by atoms with Gasteiger partial charge in [-0.25, -0.2) is 15.4 Å². The van der Waals surface area contributed by atoms with E-state index in [1.54, 1.807) is 0 Å². The fraction of sp³-hybridized carbons (Fsp3) is 0.806. The van der Waals surface area contributed by atoms with Crippen molar-refractivity contribution in [3.8, 4) is 0 Å². The van der Waals surface area contributed by atoms with Crippen LogP contribution < -0.4 is 15.7 Å². The zero-order valence-electron chi connectivity index (χ0n) is 24.7. The summed E-state index contributed by atoms with van der Waals surface area (Å²) in [6, 6.07) is 0.814. The molecule has 0 aromatic carbocycles. The molecule has 1 unspecified atom stereocenters. The van der Waals surface area contributed by atoms with E-state index in [9.17, 15) is 5.21 Å². The van der Waals surface area contributed by atoms with Gasteiger partial charge in [0.15, 0.2) is 17.3 Å². The molecule has 3 aliphatic carbocycles. The largest absolute Gasteiger partial charge is 0.365 e. The summed E-state index contributed by atoms with van der Waals surface area (Å²) in [6.45, 7) is 6.63. The molecule has 4 fully saturated rings. The van der Waals surface area contributed by atoms with Crippen LogP contribution in [0.15, 0.2) is 0 Å². The zero-order valence-corrected chi connectivity index (χ0v) is 24.7. The second-order valence-electron chi connectivity index (χ2n) is 13.5. The number of imidazole rings is 1. The molecule has 0 amide bonds. The van der Waals surface area contributed by atoms with Gasteiger partial charge in [-0.2, -0.15) is 4.98 Å². The summed E-state index contributed by atoms with van der Waals surface area (Å²) in [7, 11) is 0. The Morgan fingerprint density at radius 2 is 1.68 bits per heavy atom. The van der Waals surface area contributed by atoms with Crippen LogP contribution in [0.1, 0.15) is 116 Å². The fourth-order valence-electron chi connectivity index (χ4n) is 7.94. The van der Waals surface area contributed by atoms with Crippen molar-refractivity contribution in [3.63, 3.8) is 0 Å². The number of hydroxylamine groups is 1. The van der Waals surface area contributed by atoms with Gasteiger partial charge in [0.1, 0.15) is 5.52 Å². The predicted molar refractivity (Wildman–Crippen MR) is 160 cm³/mol. The van der Waals surface area contributed by atoms with Gasteiger partial charge in [0.05, 0.1) is 0 Å². The summed E-state index contributed by atoms with van der Waals surface area (Å²) in [5.41, 5.74) is 3.58. The minimum Gasteiger partial charge on any atom is -0.365 e. The highest BCUT2D eigenvalue weighted by Crippen LogP contribution is 2.40. The minimum absolute atomic E-state index is 0.184. The molecular formula is C31H50N8O. The lowest BCUT2D eigenvalue weighted by atomic mass is 9.80. The number of amidine groups is 1. The van der Waals surface area contributed by atoms with Gasteiger partial charge in [-0.05, 0) is 88.4 Å². The summed E-state index contributed by atoms with van der Waals surface area (Å²) in [5.74, 6) is 4.61. The molecule has 0 spiro atoms. The van der Waals surface area contributed by atoms with Crippen molar-refractivity contribution in [1.82, 2.24) is 25.0 Å². The maximum absolute atomic E-state index is 9.54. The summed E-state index contributed by atoms with van der Waals surface area (Å²) in [4.78, 5) is 17.5. The van der Waals surface area contributed by atoms with Gasteiger partial charge in [-0.15, -0.1) is 0 Å². The molecule has 2 atom stereocenters. The number of hydrogen-bond acceptors (Lipinski definition) is 7. The highest BCUT2D eigenvalue weighted by atomic mass is 16.5. The Morgan fingerprint density at radius 3 is 2.38 bits per heavy atom. The normalized spacial score (nSPS) is 27.4. The number of nitrogens with zero attached hydrogens (tertiary/aromatic N) is 5. The Labute approximate surface area is 239 Å². The Balaban J connectivity index is 1.45. The molecule has 40 heavy (non-hydrogen) atoms. The average Bonchev–Trinajstić information content (AvgIpc) is 3.31. The van der Waals surface area contributed by atoms with Gasteiger partial charge >= 0.3 is 0 Å². The molecule has 2 aromatic rings. The van der Waals surface area contributed by atoms with Gasteiger partial charge in [-0.1, -0.05) is 45.4 Å². The van der Waals surface area contributed by atoms with Gasteiger partial charge in [0.2, 0.25) is 11.8 Å². The molecule has 6 rings (SSSR count). The molecule has 220 valence electrons. The van der Waals surface area contributed by atoms with Crippen molar-refractivity contribution in [2.45, 2.75) is 129 Å². The van der Waals surface area contributed by atoms with Crippen molar-refractivity contribution in [2.75, 3.05) is 16.8 Å². The predicted octanol–water partition coefficient (Wildman–Crippen LogP) is 6.50. The molecule has 4 aliphatic rings. The van der Waals surface area contributed by atoms with E-state index in [-0.39, 0.29) is 17.7 Å². The minimum atomic E-state index is -0.198. The standard InChI is InChI=1S/C31H50N8O/c1-20-14-16-22(17-15-20)19-39-26-28(33-21(2)23-11-8-12-23)34-30(27(32)37-40)35-29(26)36-31(39)38-18-7-6-13-25(38)24-9-4-3-5-10-24/h20-25,40H,3-19H2,1-2H3,(H2,32,37)(H,33,34,35)/t20-,21-,22-,25?/m1/s1. The smallest absolute Gasteiger partial charge is 0.208 e. The Bertz CT molecular complexity index is 1160. The second-order valence-corrected chi connectivity index (χ2v) is 13.5. The molecule has 3 heterocycles. The molecule has 3 saturated carbocycles. The van der Waals surface area contributed by atoms with Crippen LogP contribution in [0.5, 0.6) is 0 Å². The third-order valence-corrected chi connectivity index (χ3v) is 10.7. The van der Waals surface area contributed by atoms with Gasteiger partial charge < -0.3 is 14.8 Å². The number of aromatic nitrogens is 4. The van der Waals surface area contributed by atoms with Crippen LogP contribution in [0, 0.1) is 29.1 Å². The van der Waals surface area contributed by atoms with Crippen molar-refractivity contribution < 1.29 is 5.21 Å². The lowest BCUT2D eigenvalue weighted by molar-refractivity contribution is 0.233. The summed E-state index contributed by atoms with van der Waals surface area (Å²) in [5, 5.41) is 21.5. The number of fused-ring (bicyclic) bond motifs is 1. The summed E-state index contributed by atoms with van der Waals surface area (Å²) in [6.07, 6.45) is 19.4. The van der Waals surface area contributed by atoms with E-state index in [1.165, 1.54) is 96.3 Å². The number of rotatable bonds is 8. The van der Waals surface area contributed by atoms with Crippen LogP contribution >= 0.6 is 0 Å². The number of nitrogens with one attached hydrogen (secondary N) is 3. The van der Waals surface area contributed by atoms with Crippen molar-refractivity contribution in [2.24, 2.45) is 23.7 Å². The van der Waals surface area contributed by atoms with Crippen LogP contribution in [0.3, 0.4) is 0 Å². The third kappa shape index (κ3) is 5.68. The number of hydrogen-bond donors (Lipinski definition) is 4. The Hall–Kier alpha value is -2.42. The first-order valence-corrected chi connectivity index (χ1v) is 16.3. The van der Waals surface area contributed by atoms with E-state index in [1.807, 2.05) is 5.48 Å². The van der Waals surface area contributed by atoms with Crippen LogP contribution in [0.2, 0.25) is 0 Å². The highest BCUT2D eigenvalue weighted by Gasteiger charge is 2.35. The fourth-order valence-corrected chi connectivity index (χ4v) is 7.94. The Morgan fingerprint density at radius 1 is 0.925 bits per heavy atom. The second kappa shape index (κ2) is 12.2. The van der Waals surface area contributed by atoms with Crippen LogP contribution in [0.25, 0.3) is 11.2 Å². The van der Waals surface area contributed by atoms with E-state index >= 15 is 0 Å². The Kier molecular flexibility index (Phi) is 8.47. The lowest BCUT2D eigenvalue weighted by Crippen LogP contribution is -2.46. The van der Waals surface area contributed by atoms with Gasteiger partial charge in [0.25, 0.3) is 0 Å². The quantitative estimate of drug-likeness (QED) is 0.169. The van der Waals surface area contributed by atoms with Gasteiger partial charge in [0, 0.05) is 25.2 Å². The SMILES string of the molecule is C[C@@H](Nc1nc(C(=N)NO)nc2nc(N3CCCCC3C3CCCCC3)n(C[C@H]3CC[C@H](C)CC3)c12)C1CCC1. The van der Waals surface area contributed by atoms with E-state index in [2.05, 4.69) is 28.6 Å². The topological polar surface area (TPSA) is 115 Å². The van der Waals surface area contributed by atoms with Crippen LogP contribution in [-0.4, -0.2) is 49.2 Å². The first-order valence-electron chi connectivity index (χ1n) is 16.3. The van der Waals surface area contributed by atoms with Gasteiger partial charge in [-0.3, -0.25) is 10.6 Å². The monoisotopic (exact) mass is 550 g/mol. The average molecular weight is 551 g/mol. The van der Waals surface area contributed by atoms with Crippen LogP contribution in [-0.2, 0) is 6.54 Å². The first kappa shape index (κ1) is 27.7. The molecular weight excluding hydrogens is 500 g/mol. The number of anilines is 2. The summed E-state index contributed by atoms with van der Waals surface area (Å²) < 4.78 is 2.47.